The molecular weight excluding hydrogens is 320 g/mol. The van der Waals surface area contributed by atoms with Crippen LogP contribution in [-0.2, 0) is 13.5 Å². The van der Waals surface area contributed by atoms with Gasteiger partial charge in [-0.3, -0.25) is 4.68 Å². The Balaban J connectivity index is 1.95. The highest BCUT2D eigenvalue weighted by atomic mass is 79.9. The van der Waals surface area contributed by atoms with E-state index in [0.717, 1.165) is 26.9 Å². The molecule has 0 spiro atoms. The van der Waals surface area contributed by atoms with E-state index in [9.17, 15) is 5.11 Å². The molecule has 0 saturated heterocycles. The van der Waals surface area contributed by atoms with Gasteiger partial charge in [0.25, 0.3) is 0 Å². The highest BCUT2D eigenvalue weighted by Gasteiger charge is 2.19. The Labute approximate surface area is 125 Å². The van der Waals surface area contributed by atoms with Gasteiger partial charge in [-0.05, 0) is 35.0 Å². The number of pyridine rings is 1. The molecule has 6 heteroatoms. The summed E-state index contributed by atoms with van der Waals surface area (Å²) in [6.45, 7) is 1.94. The second kappa shape index (κ2) is 5.03. The monoisotopic (exact) mass is 334 g/mol. The highest BCUT2D eigenvalue weighted by molar-refractivity contribution is 9.10. The maximum absolute atomic E-state index is 10.5. The van der Waals surface area contributed by atoms with E-state index in [2.05, 4.69) is 26.1 Å². The Kier molecular flexibility index (Phi) is 3.35. The average Bonchev–Trinajstić information content (AvgIpc) is 2.96. The van der Waals surface area contributed by atoms with E-state index >= 15 is 0 Å². The third kappa shape index (κ3) is 2.14. The second-order valence-corrected chi connectivity index (χ2v) is 5.61. The zero-order valence-electron chi connectivity index (χ0n) is 11.3. The Morgan fingerprint density at radius 1 is 1.40 bits per heavy atom. The first-order chi connectivity index (χ1) is 9.58. The van der Waals surface area contributed by atoms with Crippen LogP contribution in [0, 0.1) is 6.92 Å². The molecule has 1 unspecified atom stereocenters. The first-order valence-corrected chi connectivity index (χ1v) is 7.15. The number of hydrogen-bond donors (Lipinski definition) is 1. The Morgan fingerprint density at radius 2 is 2.20 bits per heavy atom. The molecule has 3 aromatic heterocycles. The smallest absolute Gasteiger partial charge is 0.0882 e. The van der Waals surface area contributed by atoms with Crippen LogP contribution in [0.2, 0.25) is 0 Å². The molecule has 3 heterocycles. The summed E-state index contributed by atoms with van der Waals surface area (Å²) in [5.41, 5.74) is 3.66. The fraction of sp³-hybridized carbons (Fsp3) is 0.286. The van der Waals surface area contributed by atoms with Crippen LogP contribution in [0.4, 0.5) is 0 Å². The Bertz CT molecular complexity index is 762. The van der Waals surface area contributed by atoms with Gasteiger partial charge in [0, 0.05) is 25.2 Å². The lowest BCUT2D eigenvalue weighted by Crippen LogP contribution is -2.06. The number of hydrogen-bond acceptors (Lipinski definition) is 3. The van der Waals surface area contributed by atoms with E-state index in [0.29, 0.717) is 6.42 Å². The molecule has 3 rings (SSSR count). The zero-order chi connectivity index (χ0) is 14.3. The van der Waals surface area contributed by atoms with E-state index in [1.54, 1.807) is 15.4 Å². The molecule has 1 N–H and O–H groups in total. The average molecular weight is 335 g/mol. The third-order valence-electron chi connectivity index (χ3n) is 3.46. The van der Waals surface area contributed by atoms with Crippen LogP contribution >= 0.6 is 15.9 Å². The summed E-state index contributed by atoms with van der Waals surface area (Å²) in [7, 11) is 1.88. The summed E-state index contributed by atoms with van der Waals surface area (Å²) in [6.07, 6.45) is 3.47. The van der Waals surface area contributed by atoms with E-state index in [1.165, 1.54) is 0 Å². The van der Waals surface area contributed by atoms with Crippen LogP contribution in [0.3, 0.4) is 0 Å². The molecule has 0 amide bonds. The molecule has 0 saturated carbocycles. The maximum atomic E-state index is 10.5. The standard InChI is InChI=1S/C14H15BrN4O/c1-9-14(15)12(18(2)17-9)7-13(20)10-8-16-19-6-4-3-5-11(10)19/h3-6,8,13,20H,7H2,1-2H3. The molecule has 5 nitrogen and oxygen atoms in total. The molecule has 1 atom stereocenters. The summed E-state index contributed by atoms with van der Waals surface area (Å²) >= 11 is 3.53. The molecule has 104 valence electrons. The van der Waals surface area contributed by atoms with Gasteiger partial charge in [-0.25, -0.2) is 4.52 Å². The largest absolute Gasteiger partial charge is 0.388 e. The van der Waals surface area contributed by atoms with Gasteiger partial charge in [0.15, 0.2) is 0 Å². The number of aliphatic hydroxyl groups excluding tert-OH is 1. The van der Waals surface area contributed by atoms with Crippen LogP contribution in [-0.4, -0.2) is 24.5 Å². The van der Waals surface area contributed by atoms with Crippen molar-refractivity contribution >= 4 is 21.4 Å². The van der Waals surface area contributed by atoms with E-state index in [1.807, 2.05) is 38.4 Å². The molecule has 0 aliphatic heterocycles. The number of rotatable bonds is 3. The van der Waals surface area contributed by atoms with Crippen molar-refractivity contribution in [1.82, 2.24) is 19.4 Å². The number of fused-ring (bicyclic) bond motifs is 1. The molecule has 0 aromatic carbocycles. The van der Waals surface area contributed by atoms with Gasteiger partial charge < -0.3 is 5.11 Å². The molecule has 0 aliphatic rings. The minimum atomic E-state index is -0.610. The number of aliphatic hydroxyl groups is 1. The lowest BCUT2D eigenvalue weighted by Gasteiger charge is -2.10. The van der Waals surface area contributed by atoms with Gasteiger partial charge in [0.1, 0.15) is 0 Å². The van der Waals surface area contributed by atoms with Gasteiger partial charge in [-0.1, -0.05) is 6.07 Å². The fourth-order valence-corrected chi connectivity index (χ4v) is 2.90. The summed E-state index contributed by atoms with van der Waals surface area (Å²) in [4.78, 5) is 0. The van der Waals surface area contributed by atoms with E-state index in [4.69, 9.17) is 0 Å². The van der Waals surface area contributed by atoms with Crippen LogP contribution in [0.15, 0.2) is 35.1 Å². The van der Waals surface area contributed by atoms with Gasteiger partial charge in [-0.2, -0.15) is 10.2 Å². The predicted octanol–water partition coefficient (Wildman–Crippen LogP) is 2.41. The van der Waals surface area contributed by atoms with Crippen molar-refractivity contribution in [2.45, 2.75) is 19.4 Å². The summed E-state index contributed by atoms with van der Waals surface area (Å²) < 4.78 is 4.52. The molecule has 20 heavy (non-hydrogen) atoms. The van der Waals surface area contributed by atoms with Gasteiger partial charge in [0.2, 0.25) is 0 Å². The Morgan fingerprint density at radius 3 is 2.90 bits per heavy atom. The van der Waals surface area contributed by atoms with Crippen LogP contribution < -0.4 is 0 Å². The predicted molar refractivity (Wildman–Crippen MR) is 79.5 cm³/mol. The van der Waals surface area contributed by atoms with E-state index in [-0.39, 0.29) is 0 Å². The number of aryl methyl sites for hydroxylation is 2. The van der Waals surface area contributed by atoms with Crippen molar-refractivity contribution in [1.29, 1.82) is 0 Å². The summed E-state index contributed by atoms with van der Waals surface area (Å²) in [6, 6.07) is 5.81. The molecule has 0 bridgehead atoms. The van der Waals surface area contributed by atoms with Crippen molar-refractivity contribution in [3.8, 4) is 0 Å². The zero-order valence-corrected chi connectivity index (χ0v) is 12.9. The van der Waals surface area contributed by atoms with Crippen molar-refractivity contribution in [2.24, 2.45) is 7.05 Å². The minimum Gasteiger partial charge on any atom is -0.388 e. The van der Waals surface area contributed by atoms with Crippen molar-refractivity contribution in [3.63, 3.8) is 0 Å². The third-order valence-corrected chi connectivity index (χ3v) is 4.50. The van der Waals surface area contributed by atoms with Gasteiger partial charge in [-0.15, -0.1) is 0 Å². The van der Waals surface area contributed by atoms with Crippen molar-refractivity contribution in [2.75, 3.05) is 0 Å². The second-order valence-electron chi connectivity index (χ2n) is 4.82. The summed E-state index contributed by atoms with van der Waals surface area (Å²) in [5.74, 6) is 0. The molecule has 3 aromatic rings. The van der Waals surface area contributed by atoms with Crippen LogP contribution in [0.25, 0.3) is 5.52 Å². The number of nitrogens with zero attached hydrogens (tertiary/aromatic N) is 4. The van der Waals surface area contributed by atoms with Crippen molar-refractivity contribution in [3.05, 3.63) is 52.0 Å². The fourth-order valence-electron chi connectivity index (χ4n) is 2.41. The van der Waals surface area contributed by atoms with Crippen LogP contribution in [0.1, 0.15) is 23.1 Å². The summed E-state index contributed by atoms with van der Waals surface area (Å²) in [5, 5.41) is 19.1. The topological polar surface area (TPSA) is 55.3 Å². The maximum Gasteiger partial charge on any atom is 0.0882 e. The lowest BCUT2D eigenvalue weighted by atomic mass is 10.1. The number of halogens is 1. The minimum absolute atomic E-state index is 0.494. The Hall–Kier alpha value is -1.66. The van der Waals surface area contributed by atoms with E-state index < -0.39 is 6.10 Å². The van der Waals surface area contributed by atoms with Crippen LogP contribution in [0.5, 0.6) is 0 Å². The molecule has 0 fully saturated rings. The molecule has 0 radical (unpaired) electrons. The number of aromatic nitrogens is 4. The van der Waals surface area contributed by atoms with Gasteiger partial charge >= 0.3 is 0 Å². The normalized spacial score (nSPS) is 13.0. The van der Waals surface area contributed by atoms with Gasteiger partial charge in [0.05, 0.1) is 33.7 Å². The lowest BCUT2D eigenvalue weighted by molar-refractivity contribution is 0.177. The quantitative estimate of drug-likeness (QED) is 0.800. The first kappa shape index (κ1) is 13.3. The van der Waals surface area contributed by atoms with Crippen molar-refractivity contribution < 1.29 is 5.11 Å². The first-order valence-electron chi connectivity index (χ1n) is 6.36. The highest BCUT2D eigenvalue weighted by Crippen LogP contribution is 2.27. The molecule has 0 aliphatic carbocycles. The molecular formula is C14H15BrN4O. The SMILES string of the molecule is Cc1nn(C)c(CC(O)c2cnn3ccccc23)c1Br.